The summed E-state index contributed by atoms with van der Waals surface area (Å²) in [7, 11) is 0. The lowest BCUT2D eigenvalue weighted by Gasteiger charge is -2.04. The van der Waals surface area contributed by atoms with Gasteiger partial charge in [-0.3, -0.25) is 4.79 Å². The maximum atomic E-state index is 12.1. The number of aromatic nitrogens is 1. The third-order valence-corrected chi connectivity index (χ3v) is 3.10. The average molecular weight is 276 g/mol. The summed E-state index contributed by atoms with van der Waals surface area (Å²) in [5.74, 6) is 0.0284. The Morgan fingerprint density at radius 1 is 1.30 bits per heavy atom. The standard InChI is InChI=1S/C14H16N2O4/c1-7-4-5-10(20-7)6-15-13(17)11-8(2)12(14(18)19)16-9(11)3/h4-5,16H,6H2,1-3H3,(H,15,17)(H,18,19). The van der Waals surface area contributed by atoms with E-state index < -0.39 is 5.97 Å². The van der Waals surface area contributed by atoms with Crippen LogP contribution in [0.15, 0.2) is 16.5 Å². The first-order chi connectivity index (χ1) is 9.40. The number of aromatic amines is 1. The zero-order valence-electron chi connectivity index (χ0n) is 11.5. The van der Waals surface area contributed by atoms with Crippen molar-refractivity contribution in [1.29, 1.82) is 0 Å². The second-order valence-electron chi connectivity index (χ2n) is 4.63. The van der Waals surface area contributed by atoms with E-state index >= 15 is 0 Å². The normalized spacial score (nSPS) is 10.6. The number of hydrogen-bond donors (Lipinski definition) is 3. The first-order valence-corrected chi connectivity index (χ1v) is 6.16. The van der Waals surface area contributed by atoms with Crippen molar-refractivity contribution in [3.8, 4) is 0 Å². The topological polar surface area (TPSA) is 95.3 Å². The summed E-state index contributed by atoms with van der Waals surface area (Å²) in [6.07, 6.45) is 0. The van der Waals surface area contributed by atoms with Crippen molar-refractivity contribution < 1.29 is 19.1 Å². The van der Waals surface area contributed by atoms with E-state index in [0.29, 0.717) is 22.6 Å². The van der Waals surface area contributed by atoms with Gasteiger partial charge in [0.15, 0.2) is 0 Å². The van der Waals surface area contributed by atoms with Crippen molar-refractivity contribution >= 4 is 11.9 Å². The Kier molecular flexibility index (Phi) is 3.65. The minimum Gasteiger partial charge on any atom is -0.477 e. The molecule has 0 aliphatic carbocycles. The molecule has 0 unspecified atom stereocenters. The highest BCUT2D eigenvalue weighted by Crippen LogP contribution is 2.18. The van der Waals surface area contributed by atoms with Gasteiger partial charge in [0.25, 0.3) is 5.91 Å². The highest BCUT2D eigenvalue weighted by atomic mass is 16.4. The zero-order valence-corrected chi connectivity index (χ0v) is 11.5. The van der Waals surface area contributed by atoms with Gasteiger partial charge in [0.1, 0.15) is 17.2 Å². The maximum absolute atomic E-state index is 12.1. The Labute approximate surface area is 115 Å². The van der Waals surface area contributed by atoms with Gasteiger partial charge < -0.3 is 19.8 Å². The molecule has 2 aromatic heterocycles. The Balaban J connectivity index is 2.15. The highest BCUT2D eigenvalue weighted by molar-refractivity contribution is 6.00. The van der Waals surface area contributed by atoms with Crippen LogP contribution in [0.25, 0.3) is 0 Å². The lowest BCUT2D eigenvalue weighted by molar-refractivity contribution is 0.0690. The third kappa shape index (κ3) is 2.59. The minimum atomic E-state index is -1.08. The summed E-state index contributed by atoms with van der Waals surface area (Å²) in [5, 5.41) is 11.7. The number of carboxylic acid groups (broad SMARTS) is 1. The second-order valence-corrected chi connectivity index (χ2v) is 4.63. The predicted molar refractivity (Wildman–Crippen MR) is 71.8 cm³/mol. The number of carboxylic acids is 1. The summed E-state index contributed by atoms with van der Waals surface area (Å²) < 4.78 is 5.36. The molecule has 20 heavy (non-hydrogen) atoms. The fraction of sp³-hybridized carbons (Fsp3) is 0.286. The molecule has 6 heteroatoms. The number of aromatic carboxylic acids is 1. The van der Waals surface area contributed by atoms with E-state index in [4.69, 9.17) is 9.52 Å². The molecule has 0 saturated heterocycles. The molecule has 2 heterocycles. The van der Waals surface area contributed by atoms with Gasteiger partial charge in [-0.15, -0.1) is 0 Å². The number of hydrogen-bond acceptors (Lipinski definition) is 3. The summed E-state index contributed by atoms with van der Waals surface area (Å²) in [6.45, 7) is 5.37. The molecule has 2 aromatic rings. The van der Waals surface area contributed by atoms with Gasteiger partial charge in [-0.2, -0.15) is 0 Å². The number of carbonyl (C=O) groups is 2. The van der Waals surface area contributed by atoms with Crippen molar-refractivity contribution in [2.45, 2.75) is 27.3 Å². The van der Waals surface area contributed by atoms with Crippen LogP contribution in [0.3, 0.4) is 0 Å². The molecule has 0 aliphatic rings. The Morgan fingerprint density at radius 2 is 2.00 bits per heavy atom. The number of amides is 1. The van der Waals surface area contributed by atoms with E-state index in [-0.39, 0.29) is 18.1 Å². The lowest BCUT2D eigenvalue weighted by Crippen LogP contribution is -2.23. The first-order valence-electron chi connectivity index (χ1n) is 6.16. The molecule has 0 aromatic carbocycles. The molecule has 0 radical (unpaired) electrons. The van der Waals surface area contributed by atoms with Gasteiger partial charge in [-0.1, -0.05) is 0 Å². The van der Waals surface area contributed by atoms with Crippen LogP contribution in [0.2, 0.25) is 0 Å². The van der Waals surface area contributed by atoms with Crippen molar-refractivity contribution in [1.82, 2.24) is 10.3 Å². The fourth-order valence-electron chi connectivity index (χ4n) is 2.14. The Hall–Kier alpha value is -2.50. The van der Waals surface area contributed by atoms with Crippen LogP contribution in [0, 0.1) is 20.8 Å². The number of furan rings is 1. The van der Waals surface area contributed by atoms with Crippen molar-refractivity contribution in [2.24, 2.45) is 0 Å². The van der Waals surface area contributed by atoms with Crippen LogP contribution >= 0.6 is 0 Å². The molecular weight excluding hydrogens is 260 g/mol. The van der Waals surface area contributed by atoms with Crippen molar-refractivity contribution in [3.05, 3.63) is 46.2 Å². The molecule has 0 atom stereocenters. The second kappa shape index (κ2) is 5.24. The maximum Gasteiger partial charge on any atom is 0.352 e. The molecule has 0 saturated carbocycles. The van der Waals surface area contributed by atoms with E-state index in [0.717, 1.165) is 5.76 Å². The third-order valence-electron chi connectivity index (χ3n) is 3.10. The largest absolute Gasteiger partial charge is 0.477 e. The Bertz CT molecular complexity index is 667. The molecule has 0 fully saturated rings. The summed E-state index contributed by atoms with van der Waals surface area (Å²) in [6, 6.07) is 3.60. The lowest BCUT2D eigenvalue weighted by atomic mass is 10.1. The van der Waals surface area contributed by atoms with Gasteiger partial charge in [0, 0.05) is 5.69 Å². The fourth-order valence-corrected chi connectivity index (χ4v) is 2.14. The number of rotatable bonds is 4. The average Bonchev–Trinajstić information content (AvgIpc) is 2.91. The van der Waals surface area contributed by atoms with E-state index in [2.05, 4.69) is 10.3 Å². The minimum absolute atomic E-state index is 0.0430. The van der Waals surface area contributed by atoms with E-state index in [1.165, 1.54) is 0 Å². The van der Waals surface area contributed by atoms with Crippen LogP contribution in [-0.4, -0.2) is 22.0 Å². The van der Waals surface area contributed by atoms with Gasteiger partial charge in [0.2, 0.25) is 0 Å². The monoisotopic (exact) mass is 276 g/mol. The van der Waals surface area contributed by atoms with Gasteiger partial charge in [-0.05, 0) is 38.5 Å². The van der Waals surface area contributed by atoms with E-state index in [1.54, 1.807) is 19.9 Å². The molecular formula is C14H16N2O4. The molecule has 1 amide bonds. The smallest absolute Gasteiger partial charge is 0.352 e. The van der Waals surface area contributed by atoms with Gasteiger partial charge >= 0.3 is 5.97 Å². The SMILES string of the molecule is Cc1ccc(CNC(=O)c2c(C)[nH]c(C(=O)O)c2C)o1. The number of H-pyrrole nitrogens is 1. The molecule has 0 bridgehead atoms. The van der Waals surface area contributed by atoms with Crippen LogP contribution in [-0.2, 0) is 6.54 Å². The van der Waals surface area contributed by atoms with Crippen LogP contribution < -0.4 is 5.32 Å². The molecule has 0 spiro atoms. The molecule has 106 valence electrons. The molecule has 6 nitrogen and oxygen atoms in total. The quantitative estimate of drug-likeness (QED) is 0.797. The summed E-state index contributed by atoms with van der Waals surface area (Å²) >= 11 is 0. The molecule has 2 rings (SSSR count). The van der Waals surface area contributed by atoms with Gasteiger partial charge in [-0.25, -0.2) is 4.79 Å². The van der Waals surface area contributed by atoms with Crippen LogP contribution in [0.1, 0.15) is 43.6 Å². The summed E-state index contributed by atoms with van der Waals surface area (Å²) in [4.78, 5) is 25.9. The first kappa shape index (κ1) is 13.9. The van der Waals surface area contributed by atoms with Gasteiger partial charge in [0.05, 0.1) is 12.1 Å². The number of nitrogens with one attached hydrogen (secondary N) is 2. The molecule has 3 N–H and O–H groups in total. The van der Waals surface area contributed by atoms with Crippen LogP contribution in [0.4, 0.5) is 0 Å². The predicted octanol–water partition coefficient (Wildman–Crippen LogP) is 2.16. The Morgan fingerprint density at radius 3 is 2.50 bits per heavy atom. The van der Waals surface area contributed by atoms with E-state index in [9.17, 15) is 9.59 Å². The number of aryl methyl sites for hydroxylation is 2. The highest BCUT2D eigenvalue weighted by Gasteiger charge is 2.21. The summed E-state index contributed by atoms with van der Waals surface area (Å²) in [5.41, 5.74) is 1.38. The molecule has 0 aliphatic heterocycles. The number of carbonyl (C=O) groups excluding carboxylic acids is 1. The zero-order chi connectivity index (χ0) is 14.9. The van der Waals surface area contributed by atoms with Crippen molar-refractivity contribution in [3.63, 3.8) is 0 Å². The van der Waals surface area contributed by atoms with Crippen molar-refractivity contribution in [2.75, 3.05) is 0 Å². The van der Waals surface area contributed by atoms with E-state index in [1.807, 2.05) is 13.0 Å². The van der Waals surface area contributed by atoms with Crippen LogP contribution in [0.5, 0.6) is 0 Å².